The summed E-state index contributed by atoms with van der Waals surface area (Å²) in [7, 11) is 1.64. The van der Waals surface area contributed by atoms with E-state index in [1.54, 1.807) is 31.4 Å². The zero-order valence-electron chi connectivity index (χ0n) is 10.2. The van der Waals surface area contributed by atoms with Crippen LogP contribution in [-0.2, 0) is 13.3 Å². The van der Waals surface area contributed by atoms with E-state index in [0.29, 0.717) is 12.2 Å². The molecule has 0 fully saturated rings. The Kier molecular flexibility index (Phi) is 4.18. The van der Waals surface area contributed by atoms with Gasteiger partial charge in [0.05, 0.1) is 7.11 Å². The predicted molar refractivity (Wildman–Crippen MR) is 68.6 cm³/mol. The molecular weight excluding hydrogens is 231 g/mol. The molecular formula is C15H15FO2. The molecule has 0 radical (unpaired) electrons. The molecule has 0 heterocycles. The molecule has 0 aliphatic rings. The fraction of sp³-hybridized carbons (Fsp3) is 0.200. The Morgan fingerprint density at radius 1 is 0.833 bits per heavy atom. The van der Waals surface area contributed by atoms with E-state index in [9.17, 15) is 4.39 Å². The topological polar surface area (TPSA) is 18.5 Å². The van der Waals surface area contributed by atoms with Gasteiger partial charge in [-0.1, -0.05) is 24.3 Å². The Bertz CT molecular complexity index is 429. The number of methoxy groups -OCH3 is 1. The smallest absolute Gasteiger partial charge is 0.119 e. The monoisotopic (exact) mass is 246 g/mol. The maximum atomic E-state index is 12.3. The summed E-state index contributed by atoms with van der Waals surface area (Å²) in [4.78, 5) is 0. The highest BCUT2D eigenvalue weighted by Gasteiger charge is 1.98. The molecule has 0 spiro atoms. The van der Waals surface area contributed by atoms with Crippen LogP contribution in [-0.4, -0.2) is 7.11 Å². The molecule has 18 heavy (non-hydrogen) atoms. The summed E-state index contributed by atoms with van der Waals surface area (Å²) < 4.78 is 23.0. The van der Waals surface area contributed by atoms with E-state index in [4.69, 9.17) is 9.47 Å². The van der Waals surface area contributed by atoms with Gasteiger partial charge in [0, 0.05) is 0 Å². The number of hydrogen-bond donors (Lipinski definition) is 0. The lowest BCUT2D eigenvalue weighted by Gasteiger charge is -2.07. The third kappa shape index (κ3) is 3.23. The quantitative estimate of drug-likeness (QED) is 0.800. The van der Waals surface area contributed by atoms with E-state index in [0.717, 1.165) is 17.1 Å². The highest BCUT2D eigenvalue weighted by Crippen LogP contribution is 2.16. The van der Waals surface area contributed by atoms with Crippen LogP contribution in [0.1, 0.15) is 11.1 Å². The number of rotatable bonds is 5. The summed E-state index contributed by atoms with van der Waals surface area (Å²) in [6.45, 7) is 0.0394. The van der Waals surface area contributed by atoms with Gasteiger partial charge in [-0.25, -0.2) is 4.39 Å². The third-order valence-electron chi connectivity index (χ3n) is 2.64. The van der Waals surface area contributed by atoms with Gasteiger partial charge >= 0.3 is 0 Å². The van der Waals surface area contributed by atoms with Crippen molar-refractivity contribution in [3.05, 3.63) is 59.7 Å². The van der Waals surface area contributed by atoms with Gasteiger partial charge in [0.1, 0.15) is 24.8 Å². The highest BCUT2D eigenvalue weighted by molar-refractivity contribution is 5.29. The summed E-state index contributed by atoms with van der Waals surface area (Å²) in [5.41, 5.74) is 1.72. The standard InChI is InChI=1S/C15H15FO2/c1-17-14-6-4-13(5-7-14)11-18-15-8-2-12(10-16)3-9-15/h2-9H,10-11H2,1H3. The van der Waals surface area contributed by atoms with Crippen molar-refractivity contribution in [1.29, 1.82) is 0 Å². The molecule has 2 rings (SSSR count). The molecule has 0 saturated carbocycles. The van der Waals surface area contributed by atoms with E-state index in [1.165, 1.54) is 0 Å². The van der Waals surface area contributed by atoms with Gasteiger partial charge in [-0.3, -0.25) is 0 Å². The number of alkyl halides is 1. The van der Waals surface area contributed by atoms with Gasteiger partial charge in [0.15, 0.2) is 0 Å². The molecule has 2 aromatic rings. The molecule has 0 saturated heterocycles. The van der Waals surface area contributed by atoms with Gasteiger partial charge in [-0.05, 0) is 35.4 Å². The molecule has 0 N–H and O–H groups in total. The van der Waals surface area contributed by atoms with E-state index in [1.807, 2.05) is 24.3 Å². The molecule has 0 aliphatic carbocycles. The predicted octanol–water partition coefficient (Wildman–Crippen LogP) is 3.74. The lowest BCUT2D eigenvalue weighted by molar-refractivity contribution is 0.305. The largest absolute Gasteiger partial charge is 0.497 e. The Balaban J connectivity index is 1.93. The SMILES string of the molecule is COc1ccc(COc2ccc(CF)cc2)cc1. The molecule has 0 aliphatic heterocycles. The molecule has 0 bridgehead atoms. The van der Waals surface area contributed by atoms with Gasteiger partial charge in [-0.15, -0.1) is 0 Å². The summed E-state index contributed by atoms with van der Waals surface area (Å²) in [6, 6.07) is 14.7. The average molecular weight is 246 g/mol. The summed E-state index contributed by atoms with van der Waals surface area (Å²) in [6.07, 6.45) is 0. The molecule has 0 amide bonds. The van der Waals surface area contributed by atoms with Crippen LogP contribution in [0.25, 0.3) is 0 Å². The minimum Gasteiger partial charge on any atom is -0.497 e. The molecule has 0 atom stereocenters. The van der Waals surface area contributed by atoms with Crippen LogP contribution in [0.5, 0.6) is 11.5 Å². The summed E-state index contributed by atoms with van der Waals surface area (Å²) in [5.74, 6) is 1.56. The lowest BCUT2D eigenvalue weighted by atomic mass is 10.2. The first-order valence-corrected chi connectivity index (χ1v) is 5.72. The molecule has 0 aromatic heterocycles. The lowest BCUT2D eigenvalue weighted by Crippen LogP contribution is -1.95. The van der Waals surface area contributed by atoms with Crippen molar-refractivity contribution in [1.82, 2.24) is 0 Å². The van der Waals surface area contributed by atoms with Crippen LogP contribution >= 0.6 is 0 Å². The minimum absolute atomic E-state index is 0.446. The number of ether oxygens (including phenoxy) is 2. The molecule has 94 valence electrons. The van der Waals surface area contributed by atoms with Crippen LogP contribution in [0.15, 0.2) is 48.5 Å². The molecule has 2 nitrogen and oxygen atoms in total. The Morgan fingerprint density at radius 2 is 1.39 bits per heavy atom. The van der Waals surface area contributed by atoms with Crippen molar-refractivity contribution in [3.63, 3.8) is 0 Å². The average Bonchev–Trinajstić information content (AvgIpc) is 2.46. The molecule has 2 aromatic carbocycles. The Labute approximate surface area is 106 Å². The van der Waals surface area contributed by atoms with Crippen molar-refractivity contribution < 1.29 is 13.9 Å². The Hall–Kier alpha value is -2.03. The highest BCUT2D eigenvalue weighted by atomic mass is 19.1. The minimum atomic E-state index is -0.446. The summed E-state index contributed by atoms with van der Waals surface area (Å²) >= 11 is 0. The fourth-order valence-electron chi connectivity index (χ4n) is 1.56. The zero-order chi connectivity index (χ0) is 12.8. The number of benzene rings is 2. The van der Waals surface area contributed by atoms with Crippen LogP contribution in [0.3, 0.4) is 0 Å². The van der Waals surface area contributed by atoms with E-state index >= 15 is 0 Å². The maximum absolute atomic E-state index is 12.3. The van der Waals surface area contributed by atoms with Crippen LogP contribution in [0.4, 0.5) is 4.39 Å². The van der Waals surface area contributed by atoms with Gasteiger partial charge in [-0.2, -0.15) is 0 Å². The first-order valence-electron chi connectivity index (χ1n) is 5.72. The second-order valence-corrected chi connectivity index (χ2v) is 3.91. The van der Waals surface area contributed by atoms with Gasteiger partial charge in [0.25, 0.3) is 0 Å². The van der Waals surface area contributed by atoms with Crippen molar-refractivity contribution >= 4 is 0 Å². The van der Waals surface area contributed by atoms with Crippen molar-refractivity contribution in [2.75, 3.05) is 7.11 Å². The van der Waals surface area contributed by atoms with Crippen molar-refractivity contribution in [3.8, 4) is 11.5 Å². The van der Waals surface area contributed by atoms with Gasteiger partial charge < -0.3 is 9.47 Å². The first-order chi connectivity index (χ1) is 8.81. The van der Waals surface area contributed by atoms with E-state index < -0.39 is 6.67 Å². The normalized spacial score (nSPS) is 10.1. The Morgan fingerprint density at radius 3 is 1.94 bits per heavy atom. The zero-order valence-corrected chi connectivity index (χ0v) is 10.2. The van der Waals surface area contributed by atoms with Crippen LogP contribution in [0.2, 0.25) is 0 Å². The van der Waals surface area contributed by atoms with Crippen molar-refractivity contribution in [2.45, 2.75) is 13.3 Å². The molecule has 0 unspecified atom stereocenters. The fourth-order valence-corrected chi connectivity index (χ4v) is 1.56. The number of halogens is 1. The second-order valence-electron chi connectivity index (χ2n) is 3.91. The van der Waals surface area contributed by atoms with Crippen LogP contribution < -0.4 is 9.47 Å². The number of hydrogen-bond acceptors (Lipinski definition) is 2. The van der Waals surface area contributed by atoms with Gasteiger partial charge in [0.2, 0.25) is 0 Å². The third-order valence-corrected chi connectivity index (χ3v) is 2.64. The summed E-state index contributed by atoms with van der Waals surface area (Å²) in [5, 5.41) is 0. The maximum Gasteiger partial charge on any atom is 0.119 e. The molecule has 3 heteroatoms. The van der Waals surface area contributed by atoms with E-state index in [-0.39, 0.29) is 0 Å². The second kappa shape index (κ2) is 6.05. The van der Waals surface area contributed by atoms with E-state index in [2.05, 4.69) is 0 Å². The van der Waals surface area contributed by atoms with Crippen LogP contribution in [0, 0.1) is 0 Å². The first kappa shape index (κ1) is 12.4. The van der Waals surface area contributed by atoms with Crippen molar-refractivity contribution in [2.24, 2.45) is 0 Å².